The SMILES string of the molecule is CNc1ncnc2ccc(N3CC4CCC(C3)N4)nc12. The van der Waals surface area contributed by atoms with Crippen LogP contribution in [-0.2, 0) is 0 Å². The molecule has 2 aliphatic heterocycles. The van der Waals surface area contributed by atoms with Gasteiger partial charge in [0, 0.05) is 32.2 Å². The van der Waals surface area contributed by atoms with Crippen LogP contribution in [0.4, 0.5) is 11.6 Å². The Bertz CT molecular complexity index is 631. The quantitative estimate of drug-likeness (QED) is 0.849. The zero-order chi connectivity index (χ0) is 13.5. The summed E-state index contributed by atoms with van der Waals surface area (Å²) in [6.07, 6.45) is 4.12. The van der Waals surface area contributed by atoms with Crippen LogP contribution in [0.1, 0.15) is 12.8 Å². The molecule has 2 aliphatic rings. The van der Waals surface area contributed by atoms with E-state index >= 15 is 0 Å². The Balaban J connectivity index is 1.73. The van der Waals surface area contributed by atoms with Gasteiger partial charge in [-0.1, -0.05) is 0 Å². The molecular weight excluding hydrogens is 252 g/mol. The third kappa shape index (κ3) is 1.87. The van der Waals surface area contributed by atoms with Crippen molar-refractivity contribution >= 4 is 22.7 Å². The van der Waals surface area contributed by atoms with Crippen LogP contribution in [0.5, 0.6) is 0 Å². The van der Waals surface area contributed by atoms with E-state index in [0.717, 1.165) is 35.8 Å². The lowest BCUT2D eigenvalue weighted by Crippen LogP contribution is -2.51. The molecule has 104 valence electrons. The number of nitrogens with zero attached hydrogens (tertiary/aromatic N) is 4. The lowest BCUT2D eigenvalue weighted by atomic mass is 10.2. The number of hydrogen-bond donors (Lipinski definition) is 2. The maximum atomic E-state index is 4.78. The summed E-state index contributed by atoms with van der Waals surface area (Å²) in [5.41, 5.74) is 1.73. The molecule has 4 heterocycles. The number of nitrogens with one attached hydrogen (secondary N) is 2. The molecule has 6 nitrogen and oxygen atoms in total. The van der Waals surface area contributed by atoms with Crippen LogP contribution in [0.15, 0.2) is 18.5 Å². The normalized spacial score (nSPS) is 25.1. The van der Waals surface area contributed by atoms with Crippen molar-refractivity contribution in [2.24, 2.45) is 0 Å². The predicted molar refractivity (Wildman–Crippen MR) is 79.0 cm³/mol. The highest BCUT2D eigenvalue weighted by atomic mass is 15.3. The average molecular weight is 270 g/mol. The zero-order valence-electron chi connectivity index (χ0n) is 11.5. The minimum atomic E-state index is 0.613. The molecule has 0 aromatic carbocycles. The number of hydrogen-bond acceptors (Lipinski definition) is 6. The highest BCUT2D eigenvalue weighted by molar-refractivity contribution is 5.86. The van der Waals surface area contributed by atoms with Gasteiger partial charge < -0.3 is 15.5 Å². The predicted octanol–water partition coefficient (Wildman–Crippen LogP) is 1.01. The molecular formula is C14H18N6. The first kappa shape index (κ1) is 11.8. The standard InChI is InChI=1S/C14H18N6/c1-15-14-13-11(16-8-17-14)4-5-12(19-13)20-6-9-2-3-10(7-20)18-9/h4-5,8-10,18H,2-3,6-7H2,1H3,(H,15,16,17). The summed E-state index contributed by atoms with van der Waals surface area (Å²) in [5.74, 6) is 1.82. The molecule has 0 spiro atoms. The maximum absolute atomic E-state index is 4.78. The third-order valence-corrected chi connectivity index (χ3v) is 4.24. The van der Waals surface area contributed by atoms with Gasteiger partial charge in [0.1, 0.15) is 17.7 Å². The first-order valence-corrected chi connectivity index (χ1v) is 7.14. The van der Waals surface area contributed by atoms with Crippen molar-refractivity contribution in [1.82, 2.24) is 20.3 Å². The molecule has 2 bridgehead atoms. The molecule has 2 atom stereocenters. The van der Waals surface area contributed by atoms with Gasteiger partial charge in [0.05, 0.1) is 5.52 Å². The highest BCUT2D eigenvalue weighted by Gasteiger charge is 2.32. The molecule has 6 heteroatoms. The zero-order valence-corrected chi connectivity index (χ0v) is 11.5. The van der Waals surface area contributed by atoms with Crippen molar-refractivity contribution in [3.8, 4) is 0 Å². The lowest BCUT2D eigenvalue weighted by molar-refractivity contribution is 0.464. The molecule has 0 aliphatic carbocycles. The van der Waals surface area contributed by atoms with E-state index in [4.69, 9.17) is 4.98 Å². The summed E-state index contributed by atoms with van der Waals surface area (Å²) >= 11 is 0. The van der Waals surface area contributed by atoms with Gasteiger partial charge >= 0.3 is 0 Å². The monoisotopic (exact) mass is 270 g/mol. The topological polar surface area (TPSA) is 66.0 Å². The van der Waals surface area contributed by atoms with Crippen LogP contribution in [0.25, 0.3) is 11.0 Å². The minimum absolute atomic E-state index is 0.613. The number of piperazine rings is 1. The van der Waals surface area contributed by atoms with Gasteiger partial charge in [0.25, 0.3) is 0 Å². The third-order valence-electron chi connectivity index (χ3n) is 4.24. The molecule has 4 rings (SSSR count). The second-order valence-corrected chi connectivity index (χ2v) is 5.55. The summed E-state index contributed by atoms with van der Waals surface area (Å²) in [6, 6.07) is 5.33. The molecule has 2 aromatic heterocycles. The van der Waals surface area contributed by atoms with Crippen molar-refractivity contribution in [2.75, 3.05) is 30.4 Å². The number of rotatable bonds is 2. The summed E-state index contributed by atoms with van der Waals surface area (Å²) in [6.45, 7) is 2.08. The van der Waals surface area contributed by atoms with Crippen LogP contribution < -0.4 is 15.5 Å². The average Bonchev–Trinajstić information content (AvgIpc) is 2.84. The molecule has 0 amide bonds. The molecule has 2 aromatic rings. The van der Waals surface area contributed by atoms with Crippen molar-refractivity contribution < 1.29 is 0 Å². The van der Waals surface area contributed by atoms with E-state index in [9.17, 15) is 0 Å². The van der Waals surface area contributed by atoms with Crippen LogP contribution in [0, 0.1) is 0 Å². The van der Waals surface area contributed by atoms with Gasteiger partial charge in [0.15, 0.2) is 5.82 Å². The fraction of sp³-hybridized carbons (Fsp3) is 0.500. The summed E-state index contributed by atoms with van der Waals surface area (Å²) < 4.78 is 0. The van der Waals surface area contributed by atoms with Crippen LogP contribution in [0.2, 0.25) is 0 Å². The summed E-state index contributed by atoms with van der Waals surface area (Å²) in [5, 5.41) is 6.73. The highest BCUT2D eigenvalue weighted by Crippen LogP contribution is 2.26. The number of pyridine rings is 1. The Morgan fingerprint density at radius 1 is 1.20 bits per heavy atom. The fourth-order valence-corrected chi connectivity index (χ4v) is 3.27. The van der Waals surface area contributed by atoms with Crippen LogP contribution in [0.3, 0.4) is 0 Å². The molecule has 2 saturated heterocycles. The number of aromatic nitrogens is 3. The largest absolute Gasteiger partial charge is 0.371 e. The van der Waals surface area contributed by atoms with E-state index in [2.05, 4.69) is 31.6 Å². The van der Waals surface area contributed by atoms with E-state index in [1.54, 1.807) is 6.33 Å². The Morgan fingerprint density at radius 3 is 2.75 bits per heavy atom. The van der Waals surface area contributed by atoms with Crippen LogP contribution >= 0.6 is 0 Å². The van der Waals surface area contributed by atoms with Gasteiger partial charge in [-0.05, 0) is 25.0 Å². The van der Waals surface area contributed by atoms with E-state index in [0.29, 0.717) is 12.1 Å². The Hall–Kier alpha value is -1.95. The van der Waals surface area contributed by atoms with E-state index in [-0.39, 0.29) is 0 Å². The summed E-state index contributed by atoms with van der Waals surface area (Å²) in [7, 11) is 1.86. The second-order valence-electron chi connectivity index (χ2n) is 5.55. The Morgan fingerprint density at radius 2 is 2.00 bits per heavy atom. The lowest BCUT2D eigenvalue weighted by Gasteiger charge is -2.33. The van der Waals surface area contributed by atoms with E-state index in [1.165, 1.54) is 12.8 Å². The first-order valence-electron chi connectivity index (χ1n) is 7.14. The smallest absolute Gasteiger partial charge is 0.155 e. The van der Waals surface area contributed by atoms with Gasteiger partial charge in [0.2, 0.25) is 0 Å². The molecule has 0 radical (unpaired) electrons. The molecule has 0 saturated carbocycles. The van der Waals surface area contributed by atoms with Crippen molar-refractivity contribution in [1.29, 1.82) is 0 Å². The summed E-state index contributed by atoms with van der Waals surface area (Å²) in [4.78, 5) is 15.7. The molecule has 2 fully saturated rings. The van der Waals surface area contributed by atoms with E-state index in [1.807, 2.05) is 13.1 Å². The van der Waals surface area contributed by atoms with Gasteiger partial charge in [-0.3, -0.25) is 0 Å². The van der Waals surface area contributed by atoms with Crippen molar-refractivity contribution in [3.05, 3.63) is 18.5 Å². The maximum Gasteiger partial charge on any atom is 0.155 e. The van der Waals surface area contributed by atoms with Crippen LogP contribution in [-0.4, -0.2) is 47.2 Å². The fourth-order valence-electron chi connectivity index (χ4n) is 3.27. The molecule has 20 heavy (non-hydrogen) atoms. The minimum Gasteiger partial charge on any atom is -0.371 e. The number of fused-ring (bicyclic) bond motifs is 3. The molecule has 2 N–H and O–H groups in total. The Kier molecular flexibility index (Phi) is 2.70. The number of anilines is 2. The van der Waals surface area contributed by atoms with Gasteiger partial charge in [-0.25, -0.2) is 15.0 Å². The van der Waals surface area contributed by atoms with Crippen molar-refractivity contribution in [2.45, 2.75) is 24.9 Å². The molecule has 2 unspecified atom stereocenters. The van der Waals surface area contributed by atoms with Gasteiger partial charge in [-0.15, -0.1) is 0 Å². The second kappa shape index (κ2) is 4.56. The Labute approximate surface area is 117 Å². The first-order chi connectivity index (χ1) is 9.83. The van der Waals surface area contributed by atoms with E-state index < -0.39 is 0 Å². The van der Waals surface area contributed by atoms with Crippen molar-refractivity contribution in [3.63, 3.8) is 0 Å². The van der Waals surface area contributed by atoms with Gasteiger partial charge in [-0.2, -0.15) is 0 Å².